The fraction of sp³-hybridized carbons (Fsp3) is 0.357. The second kappa shape index (κ2) is 11.5. The van der Waals surface area contributed by atoms with E-state index in [1.807, 2.05) is 25.1 Å². The van der Waals surface area contributed by atoms with Gasteiger partial charge in [-0.05, 0) is 67.3 Å². The van der Waals surface area contributed by atoms with Gasteiger partial charge in [-0.3, -0.25) is 4.90 Å². The van der Waals surface area contributed by atoms with E-state index in [4.69, 9.17) is 11.6 Å². The van der Waals surface area contributed by atoms with Crippen molar-refractivity contribution in [3.8, 4) is 0 Å². The number of aryl methyl sites for hydroxylation is 1. The Morgan fingerprint density at radius 1 is 1.21 bits per heavy atom. The fourth-order valence-electron chi connectivity index (χ4n) is 4.31. The second-order valence-electron chi connectivity index (χ2n) is 8.91. The number of anilines is 1. The number of nitrogens with one attached hydrogen (secondary N) is 1. The lowest BCUT2D eigenvalue weighted by molar-refractivity contribution is 0.109. The smallest absolute Gasteiger partial charge is 0.123 e. The first-order chi connectivity index (χ1) is 15.8. The molecule has 0 spiro atoms. The van der Waals surface area contributed by atoms with E-state index in [1.54, 1.807) is 0 Å². The zero-order chi connectivity index (χ0) is 24.0. The van der Waals surface area contributed by atoms with Gasteiger partial charge in [0.1, 0.15) is 5.82 Å². The van der Waals surface area contributed by atoms with Gasteiger partial charge in [0.05, 0.1) is 0 Å². The molecule has 1 fully saturated rings. The largest absolute Gasteiger partial charge is 0.367 e. The molecule has 0 aromatic heterocycles. The zero-order valence-electron chi connectivity index (χ0n) is 20.0. The maximum Gasteiger partial charge on any atom is 0.123 e. The van der Waals surface area contributed by atoms with Crippen molar-refractivity contribution in [2.75, 3.05) is 25.0 Å². The molecule has 0 amide bonds. The minimum absolute atomic E-state index is 0.191. The third-order valence-electron chi connectivity index (χ3n) is 5.94. The molecule has 3 nitrogen and oxygen atoms in total. The van der Waals surface area contributed by atoms with Gasteiger partial charge in [-0.25, -0.2) is 4.39 Å². The summed E-state index contributed by atoms with van der Waals surface area (Å²) in [5, 5.41) is 4.10. The van der Waals surface area contributed by atoms with Crippen LogP contribution in [0.3, 0.4) is 0 Å². The topological polar surface area (TPSA) is 18.5 Å². The van der Waals surface area contributed by atoms with Gasteiger partial charge in [0.25, 0.3) is 0 Å². The van der Waals surface area contributed by atoms with Gasteiger partial charge in [-0.1, -0.05) is 56.3 Å². The molecule has 2 aromatic carbocycles. The summed E-state index contributed by atoms with van der Waals surface area (Å²) in [4.78, 5) is 4.77. The van der Waals surface area contributed by atoms with E-state index in [2.05, 4.69) is 60.3 Å². The number of hydrogen-bond donors (Lipinski definition) is 1. The molecule has 0 aliphatic carbocycles. The molecule has 2 aromatic rings. The van der Waals surface area contributed by atoms with E-state index in [1.165, 1.54) is 12.1 Å². The molecule has 0 radical (unpaired) electrons. The van der Waals surface area contributed by atoms with Crippen LogP contribution in [0.1, 0.15) is 43.9 Å². The van der Waals surface area contributed by atoms with Gasteiger partial charge in [-0.2, -0.15) is 0 Å². The number of nitrogens with zero attached hydrogens (tertiary/aromatic N) is 2. The summed E-state index contributed by atoms with van der Waals surface area (Å²) in [6.07, 6.45) is 6.19. The molecule has 1 saturated heterocycles. The summed E-state index contributed by atoms with van der Waals surface area (Å²) in [5.74, 6) is -0.191. The highest BCUT2D eigenvalue weighted by Gasteiger charge is 2.23. The number of rotatable bonds is 9. The predicted octanol–water partition coefficient (Wildman–Crippen LogP) is 7.11. The van der Waals surface area contributed by atoms with Crippen LogP contribution >= 0.6 is 11.6 Å². The number of piperazine rings is 1. The Bertz CT molecular complexity index is 1010. The number of hydrogen-bond acceptors (Lipinski definition) is 3. The number of allylic oxidation sites excluding steroid dienone is 2. The lowest BCUT2D eigenvalue weighted by Crippen LogP contribution is -2.50. The van der Waals surface area contributed by atoms with E-state index >= 15 is 0 Å². The zero-order valence-corrected chi connectivity index (χ0v) is 20.8. The second-order valence-corrected chi connectivity index (χ2v) is 9.32. The first-order valence-corrected chi connectivity index (χ1v) is 12.0. The Morgan fingerprint density at radius 2 is 1.94 bits per heavy atom. The number of benzene rings is 2. The van der Waals surface area contributed by atoms with Gasteiger partial charge >= 0.3 is 0 Å². The molecule has 33 heavy (non-hydrogen) atoms. The molecule has 1 atom stereocenters. The van der Waals surface area contributed by atoms with Crippen molar-refractivity contribution in [3.63, 3.8) is 0 Å². The Morgan fingerprint density at radius 3 is 2.58 bits per heavy atom. The lowest BCUT2D eigenvalue weighted by Gasteiger charge is -2.41. The van der Waals surface area contributed by atoms with Gasteiger partial charge < -0.3 is 10.2 Å². The molecule has 3 rings (SSSR count). The van der Waals surface area contributed by atoms with Crippen LogP contribution in [-0.4, -0.2) is 35.5 Å². The van der Waals surface area contributed by atoms with Gasteiger partial charge in [0, 0.05) is 54.3 Å². The van der Waals surface area contributed by atoms with E-state index in [0.717, 1.165) is 77.8 Å². The maximum atomic E-state index is 13.2. The molecule has 1 N–H and O–H groups in total. The van der Waals surface area contributed by atoms with Crippen LogP contribution in [0.5, 0.6) is 0 Å². The average molecular weight is 468 g/mol. The Kier molecular flexibility index (Phi) is 8.76. The summed E-state index contributed by atoms with van der Waals surface area (Å²) in [5.41, 5.74) is 6.19. The summed E-state index contributed by atoms with van der Waals surface area (Å²) < 4.78 is 13.2. The van der Waals surface area contributed by atoms with Gasteiger partial charge in [-0.15, -0.1) is 0 Å². The van der Waals surface area contributed by atoms with Gasteiger partial charge in [0.2, 0.25) is 0 Å². The van der Waals surface area contributed by atoms with Crippen LogP contribution in [0.4, 0.5) is 10.1 Å². The molecular formula is C28H35ClFN3. The molecule has 1 heterocycles. The van der Waals surface area contributed by atoms with Crippen molar-refractivity contribution in [1.29, 1.82) is 0 Å². The Balaban J connectivity index is 1.68. The molecule has 1 aliphatic rings. The van der Waals surface area contributed by atoms with Crippen molar-refractivity contribution in [2.24, 2.45) is 0 Å². The molecule has 176 valence electrons. The predicted molar refractivity (Wildman–Crippen MR) is 140 cm³/mol. The summed E-state index contributed by atoms with van der Waals surface area (Å²) in [6.45, 7) is 18.3. The fourth-order valence-corrected chi connectivity index (χ4v) is 4.57. The summed E-state index contributed by atoms with van der Waals surface area (Å²) >= 11 is 6.50. The van der Waals surface area contributed by atoms with Crippen LogP contribution in [-0.2, 0) is 13.0 Å². The summed E-state index contributed by atoms with van der Waals surface area (Å²) in [7, 11) is 0. The molecule has 0 bridgehead atoms. The lowest BCUT2D eigenvalue weighted by atomic mass is 10.0. The van der Waals surface area contributed by atoms with Crippen LogP contribution in [0.2, 0.25) is 5.02 Å². The normalized spacial score (nSPS) is 16.9. The SMILES string of the molecule is C=C(C)Nc1cc(Cl)c(CCC)cc1/C=C/C(=C)N1CCN(Cc2ccc(F)cc2)C[C@H]1C. The van der Waals surface area contributed by atoms with Crippen LogP contribution in [0.15, 0.2) is 67.0 Å². The van der Waals surface area contributed by atoms with Crippen LogP contribution in [0.25, 0.3) is 6.08 Å². The molecule has 5 heteroatoms. The Hall–Kier alpha value is -2.56. The first-order valence-electron chi connectivity index (χ1n) is 11.6. The quantitative estimate of drug-likeness (QED) is 0.396. The average Bonchev–Trinajstić information content (AvgIpc) is 2.76. The number of halogens is 2. The summed E-state index contributed by atoms with van der Waals surface area (Å²) in [6, 6.07) is 11.3. The van der Waals surface area contributed by atoms with E-state index in [-0.39, 0.29) is 5.82 Å². The van der Waals surface area contributed by atoms with E-state index in [9.17, 15) is 4.39 Å². The minimum atomic E-state index is -0.191. The molecule has 0 unspecified atom stereocenters. The van der Waals surface area contributed by atoms with Crippen molar-refractivity contribution in [3.05, 3.63) is 94.6 Å². The molecule has 0 saturated carbocycles. The highest BCUT2D eigenvalue weighted by Crippen LogP contribution is 2.29. The third-order valence-corrected chi connectivity index (χ3v) is 6.29. The van der Waals surface area contributed by atoms with Crippen molar-refractivity contribution < 1.29 is 4.39 Å². The molecule has 1 aliphatic heterocycles. The monoisotopic (exact) mass is 467 g/mol. The van der Waals surface area contributed by atoms with Crippen LogP contribution in [0, 0.1) is 5.82 Å². The first kappa shape index (κ1) is 25.1. The highest BCUT2D eigenvalue weighted by molar-refractivity contribution is 6.31. The highest BCUT2D eigenvalue weighted by atomic mass is 35.5. The molecular weight excluding hydrogens is 433 g/mol. The minimum Gasteiger partial charge on any atom is -0.367 e. The standard InChI is InChI=1S/C28H35ClFN3/c1-6-7-24-16-25(28(17-27(24)29)31-20(2)3)11-8-21(4)33-15-14-32(18-22(33)5)19-23-9-12-26(30)13-10-23/h8-13,16-17,22,31H,2,4,6-7,14-15,18-19H2,1,3,5H3/b11-8+/t22-/m1/s1. The van der Waals surface area contributed by atoms with E-state index < -0.39 is 0 Å². The Labute approximate surface area is 203 Å². The maximum absolute atomic E-state index is 13.2. The van der Waals surface area contributed by atoms with Crippen molar-refractivity contribution >= 4 is 23.4 Å². The van der Waals surface area contributed by atoms with Crippen molar-refractivity contribution in [2.45, 2.75) is 46.2 Å². The van der Waals surface area contributed by atoms with Gasteiger partial charge in [0.15, 0.2) is 0 Å². The van der Waals surface area contributed by atoms with Crippen molar-refractivity contribution in [1.82, 2.24) is 9.80 Å². The van der Waals surface area contributed by atoms with Crippen LogP contribution < -0.4 is 5.32 Å². The van der Waals surface area contributed by atoms with E-state index in [0.29, 0.717) is 6.04 Å². The third kappa shape index (κ3) is 6.96.